The first-order valence-electron chi connectivity index (χ1n) is 3.29. The smallest absolute Gasteiger partial charge is 0.356 e. The predicted molar refractivity (Wildman–Crippen MR) is 43.3 cm³/mol. The van der Waals surface area contributed by atoms with Crippen molar-refractivity contribution in [3.8, 4) is 0 Å². The van der Waals surface area contributed by atoms with E-state index in [2.05, 4.69) is 4.98 Å². The van der Waals surface area contributed by atoms with Gasteiger partial charge in [0.25, 0.3) is 0 Å². The molecule has 0 fully saturated rings. The summed E-state index contributed by atoms with van der Waals surface area (Å²) in [5.41, 5.74) is -0.275. The highest BCUT2D eigenvalue weighted by atomic mass is 32.2. The topological polar surface area (TPSA) is 89.3 Å². The predicted octanol–water partition coefficient (Wildman–Crippen LogP) is -0.478. The highest BCUT2D eigenvalue weighted by Gasteiger charge is 2.18. The summed E-state index contributed by atoms with van der Waals surface area (Å²) < 4.78 is 23.2. The Morgan fingerprint density at radius 1 is 1.62 bits per heavy atom. The minimum atomic E-state index is -3.46. The number of carboxylic acids is 1. The molecule has 13 heavy (non-hydrogen) atoms. The molecular weight excluding hydrogens is 196 g/mol. The Morgan fingerprint density at radius 2 is 2.15 bits per heavy atom. The minimum absolute atomic E-state index is 0.245. The third-order valence-electron chi connectivity index (χ3n) is 1.38. The molecule has 0 aromatic carbocycles. The van der Waals surface area contributed by atoms with E-state index in [1.807, 2.05) is 0 Å². The summed E-state index contributed by atoms with van der Waals surface area (Å²) in [5, 5.41) is 8.27. The maximum atomic E-state index is 11.0. The van der Waals surface area contributed by atoms with Gasteiger partial charge in [0.1, 0.15) is 0 Å². The molecule has 0 aliphatic heterocycles. The molecule has 0 saturated heterocycles. The van der Waals surface area contributed by atoms with Gasteiger partial charge in [0, 0.05) is 19.5 Å². The number of hydrogen-bond donors (Lipinski definition) is 1. The van der Waals surface area contributed by atoms with Crippen molar-refractivity contribution in [2.45, 2.75) is 5.16 Å². The van der Waals surface area contributed by atoms with Crippen LogP contribution < -0.4 is 0 Å². The van der Waals surface area contributed by atoms with Crippen LogP contribution in [-0.2, 0) is 16.9 Å². The summed E-state index contributed by atoms with van der Waals surface area (Å²) in [4.78, 5) is 13.9. The summed E-state index contributed by atoms with van der Waals surface area (Å²) in [5.74, 6) is -1.24. The molecule has 1 aromatic heterocycles. The Morgan fingerprint density at radius 3 is 2.38 bits per heavy atom. The van der Waals surface area contributed by atoms with Gasteiger partial charge in [-0.25, -0.2) is 18.2 Å². The van der Waals surface area contributed by atoms with Gasteiger partial charge in [-0.2, -0.15) is 0 Å². The Balaban J connectivity index is 3.35. The fourth-order valence-electron chi connectivity index (χ4n) is 0.897. The molecule has 1 N–H and O–H groups in total. The van der Waals surface area contributed by atoms with Gasteiger partial charge in [0.2, 0.25) is 15.0 Å². The third-order valence-corrected chi connectivity index (χ3v) is 2.43. The molecule has 0 aliphatic carbocycles. The summed E-state index contributed by atoms with van der Waals surface area (Å²) in [6.45, 7) is 0. The summed E-state index contributed by atoms with van der Waals surface area (Å²) >= 11 is 0. The first-order valence-corrected chi connectivity index (χ1v) is 5.18. The average Bonchev–Trinajstić information content (AvgIpc) is 2.29. The van der Waals surface area contributed by atoms with Crippen molar-refractivity contribution in [3.63, 3.8) is 0 Å². The molecule has 72 valence electrons. The lowest BCUT2D eigenvalue weighted by molar-refractivity contribution is 0.0690. The number of aromatic carboxylic acids is 1. The second kappa shape index (κ2) is 2.84. The Hall–Kier alpha value is -1.37. The molecule has 7 heteroatoms. The van der Waals surface area contributed by atoms with Crippen molar-refractivity contribution in [2.24, 2.45) is 7.05 Å². The van der Waals surface area contributed by atoms with Crippen molar-refractivity contribution >= 4 is 15.8 Å². The zero-order valence-corrected chi connectivity index (χ0v) is 7.87. The fraction of sp³-hybridized carbons (Fsp3) is 0.333. The molecule has 0 saturated carbocycles. The van der Waals surface area contributed by atoms with Crippen LogP contribution in [0.1, 0.15) is 10.5 Å². The van der Waals surface area contributed by atoms with E-state index in [-0.39, 0.29) is 10.9 Å². The lowest BCUT2D eigenvalue weighted by Crippen LogP contribution is -2.05. The van der Waals surface area contributed by atoms with Crippen molar-refractivity contribution in [3.05, 3.63) is 11.9 Å². The molecule has 0 radical (unpaired) electrons. The number of carbonyl (C=O) groups is 1. The quantitative estimate of drug-likeness (QED) is 0.702. The van der Waals surface area contributed by atoms with Crippen LogP contribution in [0, 0.1) is 0 Å². The van der Waals surface area contributed by atoms with Crippen LogP contribution in [0.25, 0.3) is 0 Å². The van der Waals surface area contributed by atoms with Crippen LogP contribution >= 0.6 is 0 Å². The van der Waals surface area contributed by atoms with Gasteiger partial charge in [-0.05, 0) is 0 Å². The Kier molecular flexibility index (Phi) is 2.12. The van der Waals surface area contributed by atoms with E-state index in [4.69, 9.17) is 5.11 Å². The number of imidazole rings is 1. The van der Waals surface area contributed by atoms with Crippen molar-refractivity contribution in [1.82, 2.24) is 9.55 Å². The van der Waals surface area contributed by atoms with Gasteiger partial charge in [0.15, 0.2) is 5.69 Å². The van der Waals surface area contributed by atoms with E-state index >= 15 is 0 Å². The molecule has 0 atom stereocenters. The van der Waals surface area contributed by atoms with E-state index in [0.717, 1.165) is 12.5 Å². The molecular formula is C6H8N2O4S. The Labute approximate surface area is 74.7 Å². The number of hydrogen-bond acceptors (Lipinski definition) is 4. The van der Waals surface area contributed by atoms with Gasteiger partial charge in [-0.3, -0.25) is 0 Å². The van der Waals surface area contributed by atoms with Crippen LogP contribution in [-0.4, -0.2) is 35.3 Å². The standard InChI is InChI=1S/C6H8N2O4S/c1-8-3-4(5(9)10)7-6(8)13(2,11)12/h3H,1-2H3,(H,9,10). The number of sulfone groups is 1. The molecule has 1 heterocycles. The SMILES string of the molecule is Cn1cc(C(=O)O)nc1S(C)(=O)=O. The molecule has 0 aliphatic rings. The van der Waals surface area contributed by atoms with Crippen LogP contribution in [0.5, 0.6) is 0 Å². The number of nitrogens with zero attached hydrogens (tertiary/aromatic N) is 2. The average molecular weight is 204 g/mol. The normalized spacial score (nSPS) is 11.5. The summed E-state index contributed by atoms with van der Waals surface area (Å²) in [6, 6.07) is 0. The van der Waals surface area contributed by atoms with Crippen LogP contribution in [0.15, 0.2) is 11.4 Å². The number of aromatic nitrogens is 2. The second-order valence-electron chi connectivity index (χ2n) is 2.60. The maximum absolute atomic E-state index is 11.0. The van der Waals surface area contributed by atoms with E-state index in [1.54, 1.807) is 0 Å². The lowest BCUT2D eigenvalue weighted by atomic mass is 10.5. The zero-order valence-electron chi connectivity index (χ0n) is 7.05. The van der Waals surface area contributed by atoms with E-state index in [1.165, 1.54) is 11.6 Å². The maximum Gasteiger partial charge on any atom is 0.356 e. The lowest BCUT2D eigenvalue weighted by Gasteiger charge is -1.95. The summed E-state index contributed by atoms with van der Waals surface area (Å²) in [6.07, 6.45) is 2.12. The van der Waals surface area contributed by atoms with E-state index in [9.17, 15) is 13.2 Å². The monoisotopic (exact) mass is 204 g/mol. The fourth-order valence-corrected chi connectivity index (χ4v) is 1.74. The second-order valence-corrected chi connectivity index (χ2v) is 4.51. The number of rotatable bonds is 2. The first kappa shape index (κ1) is 9.72. The van der Waals surface area contributed by atoms with Crippen LogP contribution in [0.4, 0.5) is 0 Å². The van der Waals surface area contributed by atoms with Crippen LogP contribution in [0.3, 0.4) is 0 Å². The minimum Gasteiger partial charge on any atom is -0.476 e. The first-order chi connectivity index (χ1) is 5.82. The van der Waals surface area contributed by atoms with E-state index in [0.29, 0.717) is 0 Å². The van der Waals surface area contributed by atoms with Crippen molar-refractivity contribution in [1.29, 1.82) is 0 Å². The van der Waals surface area contributed by atoms with Gasteiger partial charge in [0.05, 0.1) is 0 Å². The van der Waals surface area contributed by atoms with Crippen molar-refractivity contribution in [2.75, 3.05) is 6.26 Å². The largest absolute Gasteiger partial charge is 0.476 e. The van der Waals surface area contributed by atoms with Gasteiger partial charge < -0.3 is 9.67 Å². The van der Waals surface area contributed by atoms with Gasteiger partial charge in [-0.1, -0.05) is 0 Å². The number of carboxylic acid groups (broad SMARTS) is 1. The van der Waals surface area contributed by atoms with Gasteiger partial charge >= 0.3 is 5.97 Å². The molecule has 1 aromatic rings. The Bertz CT molecular complexity index is 445. The molecule has 0 spiro atoms. The molecule has 0 amide bonds. The third kappa shape index (κ3) is 1.86. The highest BCUT2D eigenvalue weighted by molar-refractivity contribution is 7.90. The molecule has 6 nitrogen and oxygen atoms in total. The summed E-state index contributed by atoms with van der Waals surface area (Å²) in [7, 11) is -2.03. The molecule has 0 unspecified atom stereocenters. The van der Waals surface area contributed by atoms with Gasteiger partial charge in [-0.15, -0.1) is 0 Å². The van der Waals surface area contributed by atoms with E-state index < -0.39 is 15.8 Å². The van der Waals surface area contributed by atoms with Crippen LogP contribution in [0.2, 0.25) is 0 Å². The zero-order chi connectivity index (χ0) is 10.2. The highest BCUT2D eigenvalue weighted by Crippen LogP contribution is 2.07. The van der Waals surface area contributed by atoms with Crippen molar-refractivity contribution < 1.29 is 18.3 Å². The molecule has 0 bridgehead atoms. The molecule has 1 rings (SSSR count). The number of aryl methyl sites for hydroxylation is 1.